The van der Waals surface area contributed by atoms with E-state index in [9.17, 15) is 14.4 Å². The minimum Gasteiger partial charge on any atom is -0.462 e. The van der Waals surface area contributed by atoms with Gasteiger partial charge in [-0.2, -0.15) is 0 Å². The molecule has 0 rings (SSSR count). The summed E-state index contributed by atoms with van der Waals surface area (Å²) in [7, 11) is 0. The van der Waals surface area contributed by atoms with Gasteiger partial charge in [0.2, 0.25) is 0 Å². The number of hydrogen-bond donors (Lipinski definition) is 0. The Labute approximate surface area is 429 Å². The average molecular weight is 970 g/mol. The molecule has 0 aliphatic heterocycles. The van der Waals surface area contributed by atoms with Crippen LogP contribution in [0.25, 0.3) is 0 Å². The molecule has 69 heavy (non-hydrogen) atoms. The van der Waals surface area contributed by atoms with E-state index >= 15 is 0 Å². The fraction of sp³-hybridized carbons (Fsp3) is 0.857. The summed E-state index contributed by atoms with van der Waals surface area (Å²) >= 11 is 0. The third-order valence-electron chi connectivity index (χ3n) is 13.7. The smallest absolute Gasteiger partial charge is 0.306 e. The number of carbonyl (C=O) groups is 3. The number of rotatable bonds is 56. The molecule has 0 spiro atoms. The molecule has 1 atom stereocenters. The summed E-state index contributed by atoms with van der Waals surface area (Å²) in [6.07, 6.45) is 69.9. The zero-order chi connectivity index (χ0) is 50.0. The van der Waals surface area contributed by atoms with E-state index in [-0.39, 0.29) is 31.1 Å². The topological polar surface area (TPSA) is 78.9 Å². The van der Waals surface area contributed by atoms with E-state index in [0.717, 1.165) is 83.5 Å². The Morgan fingerprint density at radius 2 is 0.565 bits per heavy atom. The summed E-state index contributed by atoms with van der Waals surface area (Å²) < 4.78 is 16.9. The van der Waals surface area contributed by atoms with Gasteiger partial charge in [-0.05, 0) is 51.4 Å². The van der Waals surface area contributed by atoms with Gasteiger partial charge in [0.1, 0.15) is 13.2 Å². The first-order valence-electron chi connectivity index (χ1n) is 30.5. The molecule has 0 heterocycles. The largest absolute Gasteiger partial charge is 0.462 e. The zero-order valence-corrected chi connectivity index (χ0v) is 46.3. The fourth-order valence-corrected chi connectivity index (χ4v) is 9.11. The summed E-state index contributed by atoms with van der Waals surface area (Å²) in [4.78, 5) is 38.2. The van der Waals surface area contributed by atoms with Crippen molar-refractivity contribution in [3.05, 3.63) is 36.5 Å². The standard InChI is InChI=1S/C63H116O6/c1-4-7-10-13-16-19-22-25-28-31-33-35-38-41-44-47-50-53-56-62(65)68-59-60(58-67-61(64)55-52-49-46-43-40-37-34-30-27-24-21-18-15-12-9-6-3)69-63(66)57-54-51-48-45-42-39-36-32-29-26-23-20-17-14-11-8-5-2/h8,11,17,20,26,29,60H,4-7,9-10,12-16,18-19,21-25,27-28,30-59H2,1-3H3/b11-8-,20-17-,29-26-. The molecule has 0 bridgehead atoms. The van der Waals surface area contributed by atoms with E-state index in [1.165, 1.54) is 205 Å². The Morgan fingerprint density at radius 1 is 0.304 bits per heavy atom. The monoisotopic (exact) mass is 969 g/mol. The quantitative estimate of drug-likeness (QED) is 0.0261. The molecular weight excluding hydrogens is 853 g/mol. The molecule has 0 aromatic rings. The van der Waals surface area contributed by atoms with Gasteiger partial charge in [0, 0.05) is 19.3 Å². The molecule has 6 nitrogen and oxygen atoms in total. The van der Waals surface area contributed by atoms with Gasteiger partial charge in [0.25, 0.3) is 0 Å². The van der Waals surface area contributed by atoms with Crippen molar-refractivity contribution in [1.82, 2.24) is 0 Å². The van der Waals surface area contributed by atoms with Crippen molar-refractivity contribution in [2.75, 3.05) is 13.2 Å². The van der Waals surface area contributed by atoms with E-state index in [0.29, 0.717) is 19.3 Å². The second-order valence-electron chi connectivity index (χ2n) is 20.6. The van der Waals surface area contributed by atoms with Crippen LogP contribution in [0.1, 0.15) is 329 Å². The van der Waals surface area contributed by atoms with Gasteiger partial charge in [-0.3, -0.25) is 14.4 Å². The number of unbranched alkanes of at least 4 members (excludes halogenated alkanes) is 39. The van der Waals surface area contributed by atoms with Crippen molar-refractivity contribution in [3.63, 3.8) is 0 Å². The van der Waals surface area contributed by atoms with Crippen LogP contribution in [0, 0.1) is 0 Å². The van der Waals surface area contributed by atoms with E-state index in [4.69, 9.17) is 14.2 Å². The second kappa shape index (κ2) is 58.2. The summed E-state index contributed by atoms with van der Waals surface area (Å²) in [5.74, 6) is -0.857. The molecule has 0 aromatic heterocycles. The second-order valence-corrected chi connectivity index (χ2v) is 20.6. The van der Waals surface area contributed by atoms with Gasteiger partial charge in [-0.1, -0.05) is 295 Å². The molecule has 0 N–H and O–H groups in total. The molecule has 1 unspecified atom stereocenters. The first-order chi connectivity index (χ1) is 34.0. The third-order valence-corrected chi connectivity index (χ3v) is 13.7. The molecule has 0 saturated carbocycles. The van der Waals surface area contributed by atoms with Crippen molar-refractivity contribution in [1.29, 1.82) is 0 Å². The first kappa shape index (κ1) is 66.6. The summed E-state index contributed by atoms with van der Waals surface area (Å²) in [6.45, 7) is 6.58. The molecular formula is C63H116O6. The van der Waals surface area contributed by atoms with Crippen LogP contribution in [-0.2, 0) is 28.6 Å². The Morgan fingerprint density at radius 3 is 0.884 bits per heavy atom. The van der Waals surface area contributed by atoms with Crippen LogP contribution in [0.2, 0.25) is 0 Å². The Hall–Kier alpha value is -2.37. The maximum absolute atomic E-state index is 12.9. The average Bonchev–Trinajstić information content (AvgIpc) is 3.35. The highest BCUT2D eigenvalue weighted by molar-refractivity contribution is 5.71. The van der Waals surface area contributed by atoms with Crippen LogP contribution in [0.5, 0.6) is 0 Å². The molecule has 0 aliphatic carbocycles. The maximum Gasteiger partial charge on any atom is 0.306 e. The number of allylic oxidation sites excluding steroid dienone is 6. The lowest BCUT2D eigenvalue weighted by Crippen LogP contribution is -2.30. The van der Waals surface area contributed by atoms with E-state index in [1.807, 2.05) is 0 Å². The highest BCUT2D eigenvalue weighted by Gasteiger charge is 2.19. The van der Waals surface area contributed by atoms with Crippen LogP contribution in [0.15, 0.2) is 36.5 Å². The predicted octanol–water partition coefficient (Wildman–Crippen LogP) is 20.4. The summed E-state index contributed by atoms with van der Waals surface area (Å²) in [6, 6.07) is 0. The van der Waals surface area contributed by atoms with Crippen LogP contribution in [-0.4, -0.2) is 37.2 Å². The van der Waals surface area contributed by atoms with Gasteiger partial charge >= 0.3 is 17.9 Å². The van der Waals surface area contributed by atoms with Crippen LogP contribution in [0.3, 0.4) is 0 Å². The highest BCUT2D eigenvalue weighted by atomic mass is 16.6. The van der Waals surface area contributed by atoms with Crippen LogP contribution >= 0.6 is 0 Å². The van der Waals surface area contributed by atoms with Crippen LogP contribution < -0.4 is 0 Å². The Kier molecular flexibility index (Phi) is 56.2. The summed E-state index contributed by atoms with van der Waals surface area (Å²) in [5, 5.41) is 0. The van der Waals surface area contributed by atoms with Crippen molar-refractivity contribution >= 4 is 17.9 Å². The van der Waals surface area contributed by atoms with Crippen molar-refractivity contribution in [3.8, 4) is 0 Å². The normalized spacial score (nSPS) is 12.2. The molecule has 0 fully saturated rings. The lowest BCUT2D eigenvalue weighted by molar-refractivity contribution is -0.167. The lowest BCUT2D eigenvalue weighted by Gasteiger charge is -2.18. The van der Waals surface area contributed by atoms with Gasteiger partial charge in [-0.25, -0.2) is 0 Å². The summed E-state index contributed by atoms with van der Waals surface area (Å²) in [5.41, 5.74) is 0. The number of ether oxygens (including phenoxy) is 3. The van der Waals surface area contributed by atoms with Gasteiger partial charge in [0.15, 0.2) is 6.10 Å². The predicted molar refractivity (Wildman–Crippen MR) is 298 cm³/mol. The number of esters is 3. The zero-order valence-electron chi connectivity index (χ0n) is 46.3. The number of hydrogen-bond acceptors (Lipinski definition) is 6. The highest BCUT2D eigenvalue weighted by Crippen LogP contribution is 2.17. The third kappa shape index (κ3) is 56.4. The molecule has 0 radical (unpaired) electrons. The minimum absolute atomic E-state index is 0.0710. The van der Waals surface area contributed by atoms with Gasteiger partial charge < -0.3 is 14.2 Å². The van der Waals surface area contributed by atoms with Gasteiger partial charge in [0.05, 0.1) is 0 Å². The first-order valence-corrected chi connectivity index (χ1v) is 30.5. The molecule has 0 amide bonds. The Balaban J connectivity index is 4.33. The number of carbonyl (C=O) groups excluding carboxylic acids is 3. The van der Waals surface area contributed by atoms with Crippen molar-refractivity contribution in [2.24, 2.45) is 0 Å². The van der Waals surface area contributed by atoms with Crippen LogP contribution in [0.4, 0.5) is 0 Å². The molecule has 0 aromatic carbocycles. The lowest BCUT2D eigenvalue weighted by atomic mass is 10.0. The van der Waals surface area contributed by atoms with E-state index in [2.05, 4.69) is 57.2 Å². The molecule has 0 aliphatic rings. The van der Waals surface area contributed by atoms with Crippen molar-refractivity contribution < 1.29 is 28.6 Å². The fourth-order valence-electron chi connectivity index (χ4n) is 9.11. The van der Waals surface area contributed by atoms with E-state index < -0.39 is 6.10 Å². The SMILES string of the molecule is CC/C=C\C/C=C\C/C=C\CCCCCCCCCC(=O)OC(COC(=O)CCCCCCCCCCCCCCCCCC)COC(=O)CCCCCCCCCCCCCCCCCCCC. The molecule has 0 saturated heterocycles. The van der Waals surface area contributed by atoms with Crippen molar-refractivity contribution in [2.45, 2.75) is 335 Å². The molecule has 404 valence electrons. The minimum atomic E-state index is -0.774. The Bertz CT molecular complexity index is 1160. The maximum atomic E-state index is 12.9. The van der Waals surface area contributed by atoms with Gasteiger partial charge in [-0.15, -0.1) is 0 Å². The molecule has 6 heteroatoms. The van der Waals surface area contributed by atoms with E-state index in [1.54, 1.807) is 0 Å².